The predicted molar refractivity (Wildman–Crippen MR) is 50.8 cm³/mol. The first kappa shape index (κ1) is 11.7. The average molecular weight is 212 g/mol. The number of aliphatic imine (C=N–C) groups is 1. The van der Waals surface area contributed by atoms with Crippen molar-refractivity contribution in [3.63, 3.8) is 0 Å². The monoisotopic (exact) mass is 212 g/mol. The highest BCUT2D eigenvalue weighted by Crippen LogP contribution is 2.16. The second-order valence-corrected chi connectivity index (χ2v) is 5.66. The molecule has 0 saturated carbocycles. The molecule has 0 aliphatic heterocycles. The largest absolute Gasteiger partial charge is 0.387 e. The topological polar surface area (TPSA) is 92.8 Å². The van der Waals surface area contributed by atoms with Gasteiger partial charge >= 0.3 is 9.15 Å². The summed E-state index contributed by atoms with van der Waals surface area (Å²) in [5.74, 6) is 0.222. The zero-order valence-electron chi connectivity index (χ0n) is 6.89. The van der Waals surface area contributed by atoms with Crippen molar-refractivity contribution in [2.45, 2.75) is 19.1 Å². The summed E-state index contributed by atoms with van der Waals surface area (Å²) in [5.41, 5.74) is 5.39. The van der Waals surface area contributed by atoms with E-state index in [1.807, 2.05) is 0 Å². The summed E-state index contributed by atoms with van der Waals surface area (Å²) in [6.07, 6.45) is 0. The lowest BCUT2D eigenvalue weighted by Gasteiger charge is -2.06. The van der Waals surface area contributed by atoms with Gasteiger partial charge in [-0.1, -0.05) is 0 Å². The summed E-state index contributed by atoms with van der Waals surface area (Å²) < 4.78 is 29.1. The molecule has 0 aliphatic rings. The minimum absolute atomic E-state index is 0.222. The number of nitrogens with two attached hydrogens (primary N) is 1. The lowest BCUT2D eigenvalue weighted by Crippen LogP contribution is -2.25. The van der Waals surface area contributed by atoms with Crippen LogP contribution in [0.2, 0.25) is 0 Å². The highest BCUT2D eigenvalue weighted by molar-refractivity contribution is 8.70. The first-order valence-corrected chi connectivity index (χ1v) is 6.16. The van der Waals surface area contributed by atoms with Crippen LogP contribution in [0.15, 0.2) is 4.99 Å². The Hall–Kier alpha value is -0.270. The van der Waals surface area contributed by atoms with E-state index < -0.39 is 14.4 Å². The first-order chi connectivity index (χ1) is 5.37. The van der Waals surface area contributed by atoms with Gasteiger partial charge in [-0.25, -0.2) is 0 Å². The number of nitrogens with zero attached hydrogens (tertiary/aromatic N) is 1. The molecule has 0 saturated heterocycles. The zero-order chi connectivity index (χ0) is 9.78. The van der Waals surface area contributed by atoms with Gasteiger partial charge in [0.05, 0.1) is 5.25 Å². The molecule has 7 heteroatoms. The minimum atomic E-state index is -4.03. The van der Waals surface area contributed by atoms with E-state index in [1.54, 1.807) is 13.8 Å². The van der Waals surface area contributed by atoms with E-state index in [0.717, 1.165) is 0 Å². The molecule has 0 spiro atoms. The van der Waals surface area contributed by atoms with Crippen LogP contribution >= 0.6 is 10.8 Å². The molecule has 5 nitrogen and oxygen atoms in total. The molecule has 0 heterocycles. The molecule has 0 bridgehead atoms. The fourth-order valence-corrected chi connectivity index (χ4v) is 2.47. The summed E-state index contributed by atoms with van der Waals surface area (Å²) in [6.45, 7) is 3.85. The normalized spacial score (nSPS) is 16.1. The van der Waals surface area contributed by atoms with Gasteiger partial charge in [0.15, 0.2) is 0 Å². The molecule has 0 aromatic rings. The maximum Gasteiger partial charge on any atom is 0.320 e. The Morgan fingerprint density at radius 1 is 1.75 bits per heavy atom. The highest BCUT2D eigenvalue weighted by atomic mass is 33.1. The van der Waals surface area contributed by atoms with Gasteiger partial charge in [0.25, 0.3) is 0 Å². The summed E-state index contributed by atoms with van der Waals surface area (Å²) in [5, 5.41) is -0.514. The molecule has 0 aromatic carbocycles. The van der Waals surface area contributed by atoms with Gasteiger partial charge < -0.3 is 5.73 Å². The Kier molecular flexibility index (Phi) is 4.58. The van der Waals surface area contributed by atoms with Crippen molar-refractivity contribution in [2.24, 2.45) is 10.7 Å². The Balaban J connectivity index is 4.23. The third kappa shape index (κ3) is 5.39. The fraction of sp³-hybridized carbons (Fsp3) is 0.800. The maximum atomic E-state index is 10.4. The van der Waals surface area contributed by atoms with E-state index in [4.69, 9.17) is 10.3 Å². The van der Waals surface area contributed by atoms with Crippen molar-refractivity contribution in [1.29, 1.82) is 0 Å². The molecule has 0 radical (unpaired) electrons. The van der Waals surface area contributed by atoms with Crippen LogP contribution in [0.1, 0.15) is 13.8 Å². The molecule has 72 valence electrons. The molecule has 0 unspecified atom stereocenters. The van der Waals surface area contributed by atoms with E-state index in [-0.39, 0.29) is 5.84 Å². The number of hydrogen-bond acceptors (Lipinski definition) is 4. The van der Waals surface area contributed by atoms with Crippen molar-refractivity contribution >= 4 is 25.8 Å². The Bertz CT molecular complexity index is 260. The molecule has 0 aliphatic carbocycles. The summed E-state index contributed by atoms with van der Waals surface area (Å²) in [7, 11) is -3.65. The van der Waals surface area contributed by atoms with Gasteiger partial charge in [0.1, 0.15) is 5.84 Å². The molecule has 12 heavy (non-hydrogen) atoms. The molecular formula is C5H12N2O3S2. The van der Waals surface area contributed by atoms with Gasteiger partial charge in [0.2, 0.25) is 0 Å². The van der Waals surface area contributed by atoms with Gasteiger partial charge in [-0.3, -0.25) is 9.55 Å². The van der Waals surface area contributed by atoms with E-state index >= 15 is 0 Å². The van der Waals surface area contributed by atoms with Gasteiger partial charge in [0, 0.05) is 17.3 Å². The van der Waals surface area contributed by atoms with Crippen LogP contribution in [0.4, 0.5) is 0 Å². The lowest BCUT2D eigenvalue weighted by molar-refractivity contribution is 0.503. The molecule has 0 amide bonds. The summed E-state index contributed by atoms with van der Waals surface area (Å²) >= 11 is 0. The fourth-order valence-electron chi connectivity index (χ4n) is 0.543. The van der Waals surface area contributed by atoms with E-state index in [0.29, 0.717) is 17.3 Å². The van der Waals surface area contributed by atoms with Gasteiger partial charge in [-0.2, -0.15) is 8.42 Å². The van der Waals surface area contributed by atoms with E-state index in [2.05, 4.69) is 4.99 Å². The van der Waals surface area contributed by atoms with Crippen molar-refractivity contribution in [3.8, 4) is 0 Å². The van der Waals surface area contributed by atoms with Crippen LogP contribution in [0.3, 0.4) is 0 Å². The molecule has 1 atom stereocenters. The smallest absolute Gasteiger partial charge is 0.320 e. The molecule has 0 fully saturated rings. The minimum Gasteiger partial charge on any atom is -0.387 e. The number of hydrogen-bond donors (Lipinski definition) is 2. The molecule has 0 rings (SSSR count). The van der Waals surface area contributed by atoms with E-state index in [9.17, 15) is 8.42 Å². The Morgan fingerprint density at radius 2 is 2.25 bits per heavy atom. The van der Waals surface area contributed by atoms with Gasteiger partial charge in [-0.15, -0.1) is 0 Å². The molecular weight excluding hydrogens is 200 g/mol. The highest BCUT2D eigenvalue weighted by Gasteiger charge is 2.15. The Morgan fingerprint density at radius 3 is 2.58 bits per heavy atom. The van der Waals surface area contributed by atoms with Crippen molar-refractivity contribution in [2.75, 3.05) is 6.54 Å². The first-order valence-electron chi connectivity index (χ1n) is 3.32. The second kappa shape index (κ2) is 4.68. The van der Waals surface area contributed by atoms with Crippen molar-refractivity contribution in [1.82, 2.24) is 0 Å². The maximum absolute atomic E-state index is 10.4. The third-order valence-electron chi connectivity index (χ3n) is 1.02. The Labute approximate surface area is 75.6 Å². The SMILES string of the molecule is CCN=C(N)[C@H](C)SS(=O)(=O)O. The number of rotatable bonds is 4. The summed E-state index contributed by atoms with van der Waals surface area (Å²) in [6, 6.07) is 0. The van der Waals surface area contributed by atoms with Crippen LogP contribution in [0.25, 0.3) is 0 Å². The predicted octanol–water partition coefficient (Wildman–Crippen LogP) is 0.288. The van der Waals surface area contributed by atoms with Crippen LogP contribution < -0.4 is 5.73 Å². The average Bonchev–Trinajstić information content (AvgIpc) is 1.84. The standard InChI is InChI=1S/C5H12N2O3S2/c1-3-7-5(6)4(2)11-12(8,9)10/h4H,3H2,1-2H3,(H2,6,7)(H,8,9,10)/t4-/m0/s1. The van der Waals surface area contributed by atoms with Crippen molar-refractivity contribution in [3.05, 3.63) is 0 Å². The van der Waals surface area contributed by atoms with Crippen LogP contribution in [0.5, 0.6) is 0 Å². The molecule has 3 N–H and O–H groups in total. The van der Waals surface area contributed by atoms with Gasteiger partial charge in [-0.05, 0) is 13.8 Å². The summed E-state index contributed by atoms with van der Waals surface area (Å²) in [4.78, 5) is 3.81. The van der Waals surface area contributed by atoms with Crippen LogP contribution in [-0.4, -0.2) is 30.6 Å². The third-order valence-corrected chi connectivity index (χ3v) is 3.39. The lowest BCUT2D eigenvalue weighted by atomic mass is 10.4. The quantitative estimate of drug-likeness (QED) is 0.302. The van der Waals surface area contributed by atoms with Crippen LogP contribution in [-0.2, 0) is 9.15 Å². The van der Waals surface area contributed by atoms with Crippen LogP contribution in [0, 0.1) is 0 Å². The molecule has 0 aromatic heterocycles. The second-order valence-electron chi connectivity index (χ2n) is 2.07. The zero-order valence-corrected chi connectivity index (χ0v) is 8.52. The van der Waals surface area contributed by atoms with E-state index in [1.165, 1.54) is 0 Å². The number of amidine groups is 1. The van der Waals surface area contributed by atoms with Crippen molar-refractivity contribution < 1.29 is 13.0 Å².